The highest BCUT2D eigenvalue weighted by Gasteiger charge is 2.13. The minimum Gasteiger partial charge on any atom is -0.485 e. The first-order valence-electron chi connectivity index (χ1n) is 6.46. The number of benzene rings is 1. The second kappa shape index (κ2) is 6.14. The molecule has 0 spiro atoms. The van der Waals surface area contributed by atoms with Crippen LogP contribution in [0.5, 0.6) is 5.75 Å². The quantitative estimate of drug-likeness (QED) is 0.716. The fraction of sp³-hybridized carbons (Fsp3) is 0.231. The van der Waals surface area contributed by atoms with Crippen LogP contribution in [0.4, 0.5) is 0 Å². The fourth-order valence-electron chi connectivity index (χ4n) is 1.72. The highest BCUT2D eigenvalue weighted by molar-refractivity contribution is 5.43. The van der Waals surface area contributed by atoms with Crippen molar-refractivity contribution in [3.05, 3.63) is 42.4 Å². The van der Waals surface area contributed by atoms with Crippen molar-refractivity contribution >= 4 is 0 Å². The van der Waals surface area contributed by atoms with Crippen LogP contribution < -0.4 is 10.5 Å². The highest BCUT2D eigenvalue weighted by atomic mass is 16.5. The van der Waals surface area contributed by atoms with Gasteiger partial charge in [0.1, 0.15) is 5.75 Å². The minimum absolute atomic E-state index is 0.227. The van der Waals surface area contributed by atoms with Crippen LogP contribution in [-0.4, -0.2) is 31.7 Å². The Hall–Kier alpha value is -2.74. The maximum Gasteiger partial charge on any atom is 0.280 e. The standard InChI is InChI=1S/C13H14N6O2/c14-6-7-19-8-11(16-18-19)13-15-12(17-21-13)9-20-10-4-2-1-3-5-10/h1-5,8H,6-7,9,14H2. The lowest BCUT2D eigenvalue weighted by Crippen LogP contribution is -2.10. The average molecular weight is 286 g/mol. The van der Waals surface area contributed by atoms with Crippen LogP contribution >= 0.6 is 0 Å². The van der Waals surface area contributed by atoms with Gasteiger partial charge in [-0.1, -0.05) is 28.6 Å². The molecule has 0 fully saturated rings. The predicted molar refractivity (Wildman–Crippen MR) is 73.1 cm³/mol. The van der Waals surface area contributed by atoms with Gasteiger partial charge in [0, 0.05) is 6.54 Å². The van der Waals surface area contributed by atoms with Crippen molar-refractivity contribution in [2.75, 3.05) is 6.54 Å². The summed E-state index contributed by atoms with van der Waals surface area (Å²) in [6.07, 6.45) is 1.71. The molecule has 1 aromatic carbocycles. The van der Waals surface area contributed by atoms with Gasteiger partial charge in [-0.2, -0.15) is 4.98 Å². The first kappa shape index (κ1) is 13.3. The molecule has 3 rings (SSSR count). The molecule has 8 nitrogen and oxygen atoms in total. The third-order valence-electron chi connectivity index (χ3n) is 2.70. The molecule has 2 aromatic heterocycles. The smallest absolute Gasteiger partial charge is 0.280 e. The summed E-state index contributed by atoms with van der Waals surface area (Å²) in [4.78, 5) is 4.22. The summed E-state index contributed by atoms with van der Waals surface area (Å²) in [5.41, 5.74) is 5.97. The van der Waals surface area contributed by atoms with E-state index >= 15 is 0 Å². The van der Waals surface area contributed by atoms with Crippen molar-refractivity contribution in [2.45, 2.75) is 13.2 Å². The number of ether oxygens (including phenoxy) is 1. The molecule has 0 radical (unpaired) electrons. The molecule has 0 saturated carbocycles. The fourth-order valence-corrected chi connectivity index (χ4v) is 1.72. The normalized spacial score (nSPS) is 10.7. The monoisotopic (exact) mass is 286 g/mol. The van der Waals surface area contributed by atoms with Gasteiger partial charge in [0.25, 0.3) is 5.89 Å². The van der Waals surface area contributed by atoms with E-state index in [9.17, 15) is 0 Å². The first-order chi connectivity index (χ1) is 10.3. The molecule has 0 aliphatic carbocycles. The van der Waals surface area contributed by atoms with Gasteiger partial charge in [0.2, 0.25) is 5.82 Å². The van der Waals surface area contributed by atoms with Crippen LogP contribution in [0.3, 0.4) is 0 Å². The van der Waals surface area contributed by atoms with Crippen LogP contribution in [0.2, 0.25) is 0 Å². The van der Waals surface area contributed by atoms with Crippen molar-refractivity contribution in [1.29, 1.82) is 0 Å². The number of rotatable bonds is 6. The van der Waals surface area contributed by atoms with Gasteiger partial charge in [-0.05, 0) is 12.1 Å². The average Bonchev–Trinajstić information content (AvgIpc) is 3.15. The van der Waals surface area contributed by atoms with E-state index in [1.807, 2.05) is 30.3 Å². The molecule has 0 atom stereocenters. The molecule has 0 aliphatic heterocycles. The van der Waals surface area contributed by atoms with Crippen molar-refractivity contribution in [3.8, 4) is 17.3 Å². The first-order valence-corrected chi connectivity index (χ1v) is 6.46. The van der Waals surface area contributed by atoms with Crippen LogP contribution in [0.1, 0.15) is 5.82 Å². The minimum atomic E-state index is 0.227. The second-order valence-corrected chi connectivity index (χ2v) is 4.27. The largest absolute Gasteiger partial charge is 0.485 e. The van der Waals surface area contributed by atoms with Gasteiger partial charge in [-0.3, -0.25) is 4.68 Å². The zero-order valence-electron chi connectivity index (χ0n) is 11.2. The predicted octanol–water partition coefficient (Wildman–Crippen LogP) is 0.866. The summed E-state index contributed by atoms with van der Waals surface area (Å²) in [7, 11) is 0. The van der Waals surface area contributed by atoms with E-state index in [2.05, 4.69) is 20.5 Å². The van der Waals surface area contributed by atoms with Crippen molar-refractivity contribution in [3.63, 3.8) is 0 Å². The van der Waals surface area contributed by atoms with E-state index in [0.29, 0.717) is 30.5 Å². The highest BCUT2D eigenvalue weighted by Crippen LogP contribution is 2.15. The molecule has 2 heterocycles. The van der Waals surface area contributed by atoms with Crippen LogP contribution in [-0.2, 0) is 13.2 Å². The number of aromatic nitrogens is 5. The second-order valence-electron chi connectivity index (χ2n) is 4.27. The van der Waals surface area contributed by atoms with Crippen LogP contribution in [0, 0.1) is 0 Å². The molecule has 0 saturated heterocycles. The Morgan fingerprint density at radius 3 is 2.90 bits per heavy atom. The Morgan fingerprint density at radius 1 is 1.24 bits per heavy atom. The summed E-state index contributed by atoms with van der Waals surface area (Å²) in [6.45, 7) is 1.30. The SMILES string of the molecule is NCCn1cc(-c2nc(COc3ccccc3)no2)nn1. The molecule has 108 valence electrons. The molecular formula is C13H14N6O2. The Bertz CT molecular complexity index is 694. The molecule has 0 unspecified atom stereocenters. The Balaban J connectivity index is 1.65. The van der Waals surface area contributed by atoms with Crippen LogP contribution in [0.15, 0.2) is 41.1 Å². The topological polar surface area (TPSA) is 105 Å². The van der Waals surface area contributed by atoms with Gasteiger partial charge in [0.15, 0.2) is 12.3 Å². The molecular weight excluding hydrogens is 272 g/mol. The molecule has 0 bridgehead atoms. The molecule has 21 heavy (non-hydrogen) atoms. The molecule has 2 N–H and O–H groups in total. The van der Waals surface area contributed by atoms with E-state index in [1.54, 1.807) is 10.9 Å². The number of nitrogens with zero attached hydrogens (tertiary/aromatic N) is 5. The summed E-state index contributed by atoms with van der Waals surface area (Å²) >= 11 is 0. The molecule has 8 heteroatoms. The Morgan fingerprint density at radius 2 is 2.10 bits per heavy atom. The number of para-hydroxylation sites is 1. The lowest BCUT2D eigenvalue weighted by Gasteiger charge is -2.01. The third-order valence-corrected chi connectivity index (χ3v) is 2.70. The molecule has 3 aromatic rings. The van der Waals surface area contributed by atoms with E-state index in [-0.39, 0.29) is 6.61 Å². The maximum atomic E-state index is 5.54. The van der Waals surface area contributed by atoms with Gasteiger partial charge in [-0.25, -0.2) is 0 Å². The number of hydrogen-bond donors (Lipinski definition) is 1. The third kappa shape index (κ3) is 3.23. The zero-order chi connectivity index (χ0) is 14.5. The van der Waals surface area contributed by atoms with Gasteiger partial charge in [-0.15, -0.1) is 5.10 Å². The van der Waals surface area contributed by atoms with Crippen molar-refractivity contribution < 1.29 is 9.26 Å². The summed E-state index contributed by atoms with van der Waals surface area (Å²) in [5.74, 6) is 1.50. The lowest BCUT2D eigenvalue weighted by atomic mass is 10.3. The van der Waals surface area contributed by atoms with E-state index in [1.165, 1.54) is 0 Å². The number of nitrogens with two attached hydrogens (primary N) is 1. The molecule has 0 aliphatic rings. The summed E-state index contributed by atoms with van der Waals surface area (Å²) < 4.78 is 12.3. The van der Waals surface area contributed by atoms with Gasteiger partial charge in [0.05, 0.1) is 12.7 Å². The van der Waals surface area contributed by atoms with Gasteiger partial charge < -0.3 is 15.0 Å². The lowest BCUT2D eigenvalue weighted by molar-refractivity contribution is 0.287. The van der Waals surface area contributed by atoms with Crippen LogP contribution in [0.25, 0.3) is 11.6 Å². The maximum absolute atomic E-state index is 5.54. The zero-order valence-corrected chi connectivity index (χ0v) is 11.2. The van der Waals surface area contributed by atoms with Crippen molar-refractivity contribution in [2.24, 2.45) is 5.73 Å². The van der Waals surface area contributed by atoms with Crippen molar-refractivity contribution in [1.82, 2.24) is 25.1 Å². The Labute approximate surface area is 120 Å². The molecule has 0 amide bonds. The summed E-state index contributed by atoms with van der Waals surface area (Å²) in [5, 5.41) is 11.7. The Kier molecular flexibility index (Phi) is 3.88. The van der Waals surface area contributed by atoms with E-state index in [0.717, 1.165) is 5.75 Å². The van der Waals surface area contributed by atoms with E-state index < -0.39 is 0 Å². The number of hydrogen-bond acceptors (Lipinski definition) is 7. The summed E-state index contributed by atoms with van der Waals surface area (Å²) in [6, 6.07) is 9.43. The van der Waals surface area contributed by atoms with E-state index in [4.69, 9.17) is 15.0 Å². The van der Waals surface area contributed by atoms with Gasteiger partial charge >= 0.3 is 0 Å².